The van der Waals surface area contributed by atoms with Gasteiger partial charge in [0.05, 0.1) is 0 Å². The fourth-order valence-electron chi connectivity index (χ4n) is 1.67. The summed E-state index contributed by atoms with van der Waals surface area (Å²) in [5.74, 6) is -0.369. The van der Waals surface area contributed by atoms with Crippen LogP contribution in [0.4, 0.5) is 5.82 Å². The van der Waals surface area contributed by atoms with E-state index < -0.39 is 11.6 Å². The number of aliphatic carboxylic acids is 1. The number of carboxylic acids is 1. The lowest BCUT2D eigenvalue weighted by Gasteiger charge is -2.36. The van der Waals surface area contributed by atoms with Crippen LogP contribution in [0.2, 0.25) is 0 Å². The fraction of sp³-hybridized carbons (Fsp3) is 0.273. The maximum absolute atomic E-state index is 11.3. The molecule has 0 aliphatic carbocycles. The van der Waals surface area contributed by atoms with Gasteiger partial charge in [0.1, 0.15) is 5.82 Å². The number of anilines is 1. The first-order valence-corrected chi connectivity index (χ1v) is 4.89. The first kappa shape index (κ1) is 10.6. The summed E-state index contributed by atoms with van der Waals surface area (Å²) in [6, 6.07) is 3.70. The zero-order valence-corrected chi connectivity index (χ0v) is 9.14. The van der Waals surface area contributed by atoms with Crippen molar-refractivity contribution in [3.63, 3.8) is 0 Å². The molecular formula is C11H13N3O2. The third kappa shape index (κ3) is 1.45. The van der Waals surface area contributed by atoms with Crippen LogP contribution < -0.4 is 5.32 Å². The number of hydrogen-bond donors (Lipinski definition) is 2. The molecule has 0 amide bonds. The van der Waals surface area contributed by atoms with Gasteiger partial charge in [-0.05, 0) is 32.3 Å². The molecule has 1 aromatic rings. The van der Waals surface area contributed by atoms with Crippen molar-refractivity contribution in [2.24, 2.45) is 0 Å². The van der Waals surface area contributed by atoms with Crippen LogP contribution in [0, 0.1) is 0 Å². The van der Waals surface area contributed by atoms with E-state index in [1.165, 1.54) is 0 Å². The lowest BCUT2D eigenvalue weighted by molar-refractivity contribution is -0.145. The molecule has 16 heavy (non-hydrogen) atoms. The van der Waals surface area contributed by atoms with Crippen LogP contribution in [0.15, 0.2) is 24.4 Å². The average Bonchev–Trinajstić information content (AvgIpc) is 2.27. The highest BCUT2D eigenvalue weighted by Crippen LogP contribution is 2.27. The van der Waals surface area contributed by atoms with E-state index in [1.807, 2.05) is 12.1 Å². The van der Waals surface area contributed by atoms with Crippen molar-refractivity contribution < 1.29 is 9.90 Å². The second-order valence-corrected chi connectivity index (χ2v) is 3.87. The van der Waals surface area contributed by atoms with Crippen LogP contribution in [-0.4, -0.2) is 40.7 Å². The summed E-state index contributed by atoms with van der Waals surface area (Å²) in [5, 5.41) is 12.2. The van der Waals surface area contributed by atoms with Crippen LogP contribution in [-0.2, 0) is 4.79 Å². The summed E-state index contributed by atoms with van der Waals surface area (Å²) >= 11 is 0. The zero-order chi connectivity index (χ0) is 11.8. The Bertz CT molecular complexity index is 456. The third-order valence-corrected chi connectivity index (χ3v) is 2.68. The lowest BCUT2D eigenvalue weighted by atomic mass is 10.0. The smallest absolute Gasteiger partial charge is 0.349 e. The first-order chi connectivity index (χ1) is 7.56. The molecule has 1 aliphatic heterocycles. The van der Waals surface area contributed by atoms with E-state index in [0.717, 1.165) is 5.56 Å². The summed E-state index contributed by atoms with van der Waals surface area (Å²) in [6.07, 6.45) is 5.03. The summed E-state index contributed by atoms with van der Waals surface area (Å²) < 4.78 is 0. The monoisotopic (exact) mass is 219 g/mol. The quantitative estimate of drug-likeness (QED) is 0.772. The topological polar surface area (TPSA) is 65.5 Å². The highest BCUT2D eigenvalue weighted by atomic mass is 16.4. The minimum atomic E-state index is -1.22. The normalized spacial score (nSPS) is 22.7. The number of pyridine rings is 1. The van der Waals surface area contributed by atoms with E-state index in [0.29, 0.717) is 5.82 Å². The maximum atomic E-state index is 11.3. The average molecular weight is 219 g/mol. The summed E-state index contributed by atoms with van der Waals surface area (Å²) in [5.41, 5.74) is -0.331. The Labute approximate surface area is 93.4 Å². The summed E-state index contributed by atoms with van der Waals surface area (Å²) in [4.78, 5) is 17.1. The van der Waals surface area contributed by atoms with Crippen molar-refractivity contribution in [3.05, 3.63) is 30.0 Å². The molecule has 0 aromatic carbocycles. The van der Waals surface area contributed by atoms with E-state index in [9.17, 15) is 9.90 Å². The summed E-state index contributed by atoms with van der Waals surface area (Å²) in [7, 11) is 3.42. The zero-order valence-electron chi connectivity index (χ0n) is 9.14. The molecule has 5 heteroatoms. The molecule has 0 spiro atoms. The molecule has 1 aliphatic rings. The molecule has 1 unspecified atom stereocenters. The van der Waals surface area contributed by atoms with Crippen LogP contribution in [0.25, 0.3) is 6.08 Å². The van der Waals surface area contributed by atoms with Gasteiger partial charge < -0.3 is 10.4 Å². The van der Waals surface area contributed by atoms with Crippen molar-refractivity contribution in [1.82, 2.24) is 9.88 Å². The van der Waals surface area contributed by atoms with Gasteiger partial charge in [0.15, 0.2) is 0 Å². The molecule has 84 valence electrons. The molecule has 0 fully saturated rings. The Kier molecular flexibility index (Phi) is 2.40. The molecular weight excluding hydrogens is 206 g/mol. The molecule has 2 rings (SSSR count). The molecule has 0 saturated heterocycles. The lowest BCUT2D eigenvalue weighted by Crippen LogP contribution is -2.56. The predicted molar refractivity (Wildman–Crippen MR) is 60.9 cm³/mol. The first-order valence-electron chi connectivity index (χ1n) is 4.89. The number of carboxylic acid groups (broad SMARTS) is 1. The Balaban J connectivity index is 2.47. The van der Waals surface area contributed by atoms with Gasteiger partial charge in [-0.2, -0.15) is 0 Å². The highest BCUT2D eigenvalue weighted by Gasteiger charge is 2.40. The van der Waals surface area contributed by atoms with Gasteiger partial charge in [-0.3, -0.25) is 4.90 Å². The van der Waals surface area contributed by atoms with Gasteiger partial charge in [-0.1, -0.05) is 6.08 Å². The highest BCUT2D eigenvalue weighted by molar-refractivity contribution is 5.89. The molecule has 0 saturated carbocycles. The number of aromatic nitrogens is 1. The molecule has 5 nitrogen and oxygen atoms in total. The number of hydrogen-bond acceptors (Lipinski definition) is 4. The number of nitrogens with zero attached hydrogens (tertiary/aromatic N) is 2. The number of likely N-dealkylation sites (N-methyl/N-ethyl adjacent to an activating group) is 1. The Morgan fingerprint density at radius 2 is 2.31 bits per heavy atom. The van der Waals surface area contributed by atoms with Crippen LogP contribution in [0.1, 0.15) is 5.56 Å². The van der Waals surface area contributed by atoms with Crippen molar-refractivity contribution in [2.75, 3.05) is 19.4 Å². The van der Waals surface area contributed by atoms with Gasteiger partial charge in [0.2, 0.25) is 5.66 Å². The van der Waals surface area contributed by atoms with Crippen molar-refractivity contribution in [3.8, 4) is 0 Å². The number of fused-ring (bicyclic) bond motifs is 1. The van der Waals surface area contributed by atoms with E-state index in [1.54, 1.807) is 37.3 Å². The molecule has 0 bridgehead atoms. The Morgan fingerprint density at radius 3 is 2.94 bits per heavy atom. The number of rotatable bonds is 2. The molecule has 1 atom stereocenters. The van der Waals surface area contributed by atoms with Crippen LogP contribution in [0.3, 0.4) is 0 Å². The van der Waals surface area contributed by atoms with Gasteiger partial charge in [0.25, 0.3) is 0 Å². The van der Waals surface area contributed by atoms with E-state index in [4.69, 9.17) is 0 Å². The maximum Gasteiger partial charge on any atom is 0.349 e. The van der Waals surface area contributed by atoms with Crippen molar-refractivity contribution in [2.45, 2.75) is 5.66 Å². The molecule has 2 heterocycles. The Morgan fingerprint density at radius 1 is 1.56 bits per heavy atom. The Hall–Kier alpha value is -1.88. The van der Waals surface area contributed by atoms with E-state index in [2.05, 4.69) is 10.3 Å². The minimum absolute atomic E-state index is 0.584. The fourth-order valence-corrected chi connectivity index (χ4v) is 1.67. The van der Waals surface area contributed by atoms with Crippen LogP contribution >= 0.6 is 0 Å². The van der Waals surface area contributed by atoms with Gasteiger partial charge in [-0.15, -0.1) is 0 Å². The van der Waals surface area contributed by atoms with Crippen LogP contribution in [0.5, 0.6) is 0 Å². The predicted octanol–water partition coefficient (Wildman–Crippen LogP) is 0.863. The van der Waals surface area contributed by atoms with Gasteiger partial charge in [-0.25, -0.2) is 9.78 Å². The van der Waals surface area contributed by atoms with Gasteiger partial charge in [0, 0.05) is 11.8 Å². The standard InChI is InChI=1S/C11H13N3O2/c1-14(2)11(10(15)16)6-5-8-4-3-7-12-9(8)13-11/h3-7H,1-2H3,(H,12,13)(H,15,16). The second-order valence-electron chi connectivity index (χ2n) is 3.87. The van der Waals surface area contributed by atoms with E-state index >= 15 is 0 Å². The molecule has 2 N–H and O–H groups in total. The number of nitrogens with one attached hydrogen (secondary N) is 1. The largest absolute Gasteiger partial charge is 0.478 e. The SMILES string of the molecule is CN(C)C1(C(=O)O)C=Cc2cccnc2N1. The summed E-state index contributed by atoms with van der Waals surface area (Å²) in [6.45, 7) is 0. The number of carbonyl (C=O) groups is 1. The minimum Gasteiger partial charge on any atom is -0.478 e. The second kappa shape index (κ2) is 3.61. The third-order valence-electron chi connectivity index (χ3n) is 2.68. The van der Waals surface area contributed by atoms with E-state index in [-0.39, 0.29) is 0 Å². The molecule has 0 radical (unpaired) electrons. The molecule has 1 aromatic heterocycles. The van der Waals surface area contributed by atoms with Gasteiger partial charge >= 0.3 is 5.97 Å². The van der Waals surface area contributed by atoms with Crippen molar-refractivity contribution >= 4 is 17.9 Å². The van der Waals surface area contributed by atoms with Crippen molar-refractivity contribution in [1.29, 1.82) is 0 Å².